The van der Waals surface area contributed by atoms with Gasteiger partial charge in [-0.3, -0.25) is 19.3 Å². The van der Waals surface area contributed by atoms with Gasteiger partial charge in [-0.25, -0.2) is 0 Å². The molecule has 29 heavy (non-hydrogen) atoms. The normalized spacial score (nSPS) is 15.7. The molecular formula is C22H31N3O3S. The first-order valence-corrected chi connectivity index (χ1v) is 10.9. The third-order valence-electron chi connectivity index (χ3n) is 4.89. The van der Waals surface area contributed by atoms with Crippen molar-refractivity contribution < 1.29 is 14.4 Å². The third-order valence-corrected chi connectivity index (χ3v) is 5.79. The van der Waals surface area contributed by atoms with Gasteiger partial charge < -0.3 is 9.80 Å². The van der Waals surface area contributed by atoms with E-state index in [1.165, 1.54) is 0 Å². The van der Waals surface area contributed by atoms with Crippen molar-refractivity contribution in [2.75, 3.05) is 24.5 Å². The monoisotopic (exact) mass is 417 g/mol. The topological polar surface area (TPSA) is 60.9 Å². The molecule has 158 valence electrons. The Hall–Kier alpha value is -2.28. The number of carbonyl (C=O) groups excluding carboxylic acids is 3. The minimum absolute atomic E-state index is 0.00212. The lowest BCUT2D eigenvalue weighted by molar-refractivity contribution is -0.138. The first-order chi connectivity index (χ1) is 13.7. The molecule has 1 heterocycles. The third kappa shape index (κ3) is 5.41. The van der Waals surface area contributed by atoms with Gasteiger partial charge >= 0.3 is 0 Å². The molecule has 2 rings (SSSR count). The fourth-order valence-electron chi connectivity index (χ4n) is 3.55. The summed E-state index contributed by atoms with van der Waals surface area (Å²) in [4.78, 5) is 43.0. The highest BCUT2D eigenvalue weighted by Gasteiger charge is 2.37. The molecule has 0 aliphatic carbocycles. The lowest BCUT2D eigenvalue weighted by Crippen LogP contribution is -2.48. The fraction of sp³-hybridized carbons (Fsp3) is 0.500. The molecule has 1 aliphatic rings. The summed E-state index contributed by atoms with van der Waals surface area (Å²) in [5, 5.41) is -0.401. The molecule has 0 aromatic heterocycles. The van der Waals surface area contributed by atoms with E-state index in [2.05, 4.69) is 18.7 Å². The number of nitrogens with zero attached hydrogens (tertiary/aromatic N) is 3. The van der Waals surface area contributed by atoms with Crippen molar-refractivity contribution in [3.05, 3.63) is 34.7 Å². The number of imide groups is 1. The first-order valence-electron chi connectivity index (χ1n) is 10.1. The number of thioether (sulfide) groups is 1. The van der Waals surface area contributed by atoms with E-state index in [-0.39, 0.29) is 24.5 Å². The summed E-state index contributed by atoms with van der Waals surface area (Å²) in [7, 11) is 0. The molecule has 1 aliphatic heterocycles. The van der Waals surface area contributed by atoms with Crippen molar-refractivity contribution in [2.24, 2.45) is 0 Å². The highest BCUT2D eigenvalue weighted by atomic mass is 32.2. The number of carbonyl (C=O) groups is 3. The van der Waals surface area contributed by atoms with Gasteiger partial charge in [-0.2, -0.15) is 0 Å². The van der Waals surface area contributed by atoms with Crippen LogP contribution in [0.25, 0.3) is 6.08 Å². The lowest BCUT2D eigenvalue weighted by atomic mass is 10.1. The van der Waals surface area contributed by atoms with Crippen molar-refractivity contribution >= 4 is 40.6 Å². The number of hydrogen-bond acceptors (Lipinski definition) is 5. The van der Waals surface area contributed by atoms with Crippen LogP contribution in [0.1, 0.15) is 47.1 Å². The largest absolute Gasteiger partial charge is 0.372 e. The summed E-state index contributed by atoms with van der Waals surface area (Å²) < 4.78 is 0. The molecule has 7 heteroatoms. The SMILES string of the molecule is CCN(CC)c1ccc(/C=C2\SC(=O)N(CC(=O)N(C(C)C)C(C)C)C2=O)cc1. The molecule has 0 saturated carbocycles. The number of anilines is 1. The van der Waals surface area contributed by atoms with Gasteiger partial charge in [-0.15, -0.1) is 0 Å². The summed E-state index contributed by atoms with van der Waals surface area (Å²) in [5.41, 5.74) is 1.97. The summed E-state index contributed by atoms with van der Waals surface area (Å²) in [6, 6.07) is 7.90. The van der Waals surface area contributed by atoms with Crippen LogP contribution >= 0.6 is 11.8 Å². The summed E-state index contributed by atoms with van der Waals surface area (Å²) in [5.74, 6) is -0.629. The molecule has 0 radical (unpaired) electrons. The Labute approximate surface area is 177 Å². The smallest absolute Gasteiger partial charge is 0.294 e. The second-order valence-corrected chi connectivity index (χ2v) is 8.51. The van der Waals surface area contributed by atoms with Gasteiger partial charge in [0, 0.05) is 30.9 Å². The van der Waals surface area contributed by atoms with Gasteiger partial charge in [0.1, 0.15) is 6.54 Å². The van der Waals surface area contributed by atoms with Crippen LogP contribution in [-0.4, -0.2) is 58.6 Å². The van der Waals surface area contributed by atoms with E-state index in [0.717, 1.165) is 41.0 Å². The molecule has 0 spiro atoms. The van der Waals surface area contributed by atoms with Gasteiger partial charge in [-0.1, -0.05) is 12.1 Å². The Kier molecular flexibility index (Phi) is 7.90. The van der Waals surface area contributed by atoms with E-state index >= 15 is 0 Å². The predicted octanol–water partition coefficient (Wildman–Crippen LogP) is 4.21. The van der Waals surface area contributed by atoms with Gasteiger partial charge in [0.25, 0.3) is 11.1 Å². The van der Waals surface area contributed by atoms with Crippen LogP contribution in [0, 0.1) is 0 Å². The highest BCUT2D eigenvalue weighted by Crippen LogP contribution is 2.32. The molecule has 1 fully saturated rings. The minimum atomic E-state index is -0.409. The van der Waals surface area contributed by atoms with Crippen molar-refractivity contribution in [2.45, 2.75) is 53.6 Å². The zero-order valence-electron chi connectivity index (χ0n) is 18.1. The number of hydrogen-bond donors (Lipinski definition) is 0. The van der Waals surface area contributed by atoms with Crippen molar-refractivity contribution in [3.8, 4) is 0 Å². The van der Waals surface area contributed by atoms with E-state index in [1.807, 2.05) is 52.0 Å². The Morgan fingerprint density at radius 2 is 1.59 bits per heavy atom. The molecule has 3 amide bonds. The Morgan fingerprint density at radius 3 is 2.07 bits per heavy atom. The highest BCUT2D eigenvalue weighted by molar-refractivity contribution is 8.18. The van der Waals surface area contributed by atoms with Crippen molar-refractivity contribution in [1.82, 2.24) is 9.80 Å². The zero-order valence-corrected chi connectivity index (χ0v) is 19.0. The van der Waals surface area contributed by atoms with Crippen LogP contribution in [0.5, 0.6) is 0 Å². The first kappa shape index (κ1) is 23.0. The van der Waals surface area contributed by atoms with Crippen LogP contribution in [0.3, 0.4) is 0 Å². The average Bonchev–Trinajstić information content (AvgIpc) is 2.91. The van der Waals surface area contributed by atoms with E-state index < -0.39 is 11.1 Å². The zero-order chi connectivity index (χ0) is 21.7. The van der Waals surface area contributed by atoms with E-state index in [9.17, 15) is 14.4 Å². The molecule has 0 N–H and O–H groups in total. The number of rotatable bonds is 8. The summed E-state index contributed by atoms with van der Waals surface area (Å²) in [6.07, 6.45) is 1.71. The van der Waals surface area contributed by atoms with E-state index in [4.69, 9.17) is 0 Å². The Balaban J connectivity index is 2.14. The average molecular weight is 418 g/mol. The second kappa shape index (κ2) is 9.96. The molecule has 1 aromatic carbocycles. The lowest BCUT2D eigenvalue weighted by Gasteiger charge is -2.31. The summed E-state index contributed by atoms with van der Waals surface area (Å²) >= 11 is 0.884. The molecule has 1 aromatic rings. The molecular weight excluding hydrogens is 386 g/mol. The van der Waals surface area contributed by atoms with Crippen LogP contribution in [-0.2, 0) is 9.59 Å². The number of benzene rings is 1. The summed E-state index contributed by atoms with van der Waals surface area (Å²) in [6.45, 7) is 13.5. The molecule has 0 bridgehead atoms. The minimum Gasteiger partial charge on any atom is -0.372 e. The Morgan fingerprint density at radius 1 is 1.03 bits per heavy atom. The van der Waals surface area contributed by atoms with Crippen molar-refractivity contribution in [1.29, 1.82) is 0 Å². The van der Waals surface area contributed by atoms with Gasteiger partial charge in [0.2, 0.25) is 5.91 Å². The van der Waals surface area contributed by atoms with Gasteiger partial charge in [0.15, 0.2) is 0 Å². The molecule has 0 unspecified atom stereocenters. The molecule has 6 nitrogen and oxygen atoms in total. The maximum atomic E-state index is 12.7. The number of amides is 3. The second-order valence-electron chi connectivity index (χ2n) is 7.52. The van der Waals surface area contributed by atoms with Crippen molar-refractivity contribution in [3.63, 3.8) is 0 Å². The Bertz CT molecular complexity index is 775. The van der Waals surface area contributed by atoms with E-state index in [0.29, 0.717) is 4.91 Å². The van der Waals surface area contributed by atoms with Crippen LogP contribution in [0.2, 0.25) is 0 Å². The predicted molar refractivity (Wildman–Crippen MR) is 120 cm³/mol. The van der Waals surface area contributed by atoms with Gasteiger partial charge in [0.05, 0.1) is 4.91 Å². The molecule has 1 saturated heterocycles. The van der Waals surface area contributed by atoms with Gasteiger partial charge in [-0.05, 0) is 77.1 Å². The molecule has 0 atom stereocenters. The quantitative estimate of drug-likeness (QED) is 0.593. The maximum Gasteiger partial charge on any atom is 0.294 e. The maximum absolute atomic E-state index is 12.7. The van der Waals surface area contributed by atoms with E-state index in [1.54, 1.807) is 11.0 Å². The van der Waals surface area contributed by atoms with Crippen LogP contribution in [0.4, 0.5) is 10.5 Å². The fourth-order valence-corrected chi connectivity index (χ4v) is 4.39. The van der Waals surface area contributed by atoms with Crippen LogP contribution in [0.15, 0.2) is 29.2 Å². The van der Waals surface area contributed by atoms with Crippen LogP contribution < -0.4 is 4.90 Å². The standard InChI is InChI=1S/C22H31N3O3S/c1-7-23(8-2)18-11-9-17(10-12-18)13-19-21(27)24(22(28)29-19)14-20(26)25(15(3)4)16(5)6/h9-13,15-16H,7-8,14H2,1-6H3/b19-13-.